The lowest BCUT2D eigenvalue weighted by atomic mass is 9.99. The lowest BCUT2D eigenvalue weighted by Gasteiger charge is -2.09. The highest BCUT2D eigenvalue weighted by Gasteiger charge is 2.18. The molecular weight excluding hydrogens is 212 g/mol. The van der Waals surface area contributed by atoms with Gasteiger partial charge in [-0.15, -0.1) is 11.3 Å². The van der Waals surface area contributed by atoms with Gasteiger partial charge in [0.15, 0.2) is 0 Å². The summed E-state index contributed by atoms with van der Waals surface area (Å²) in [6, 6.07) is 0. The maximum Gasteiger partial charge on any atom is 0.306 e. The summed E-state index contributed by atoms with van der Waals surface area (Å²) in [4.78, 5) is 15.1. The van der Waals surface area contributed by atoms with Crippen molar-refractivity contribution in [2.45, 2.75) is 25.7 Å². The van der Waals surface area contributed by atoms with E-state index in [1.165, 1.54) is 11.3 Å². The predicted molar refractivity (Wildman–Crippen MR) is 59.8 cm³/mol. The van der Waals surface area contributed by atoms with E-state index >= 15 is 0 Å². The first kappa shape index (κ1) is 12.1. The van der Waals surface area contributed by atoms with Gasteiger partial charge in [0.1, 0.15) is 0 Å². The Balaban J connectivity index is 2.40. The van der Waals surface area contributed by atoms with Crippen molar-refractivity contribution in [3.8, 4) is 0 Å². The lowest BCUT2D eigenvalue weighted by Crippen LogP contribution is -2.16. The van der Waals surface area contributed by atoms with Crippen LogP contribution >= 0.6 is 11.3 Å². The Labute approximate surface area is 93.1 Å². The van der Waals surface area contributed by atoms with Crippen LogP contribution in [0, 0.1) is 5.92 Å². The average Bonchev–Trinajstić information content (AvgIpc) is 2.69. The van der Waals surface area contributed by atoms with Crippen LogP contribution in [0.25, 0.3) is 0 Å². The fourth-order valence-electron chi connectivity index (χ4n) is 1.41. The van der Waals surface area contributed by atoms with Crippen molar-refractivity contribution in [1.82, 2.24) is 4.98 Å². The molecule has 1 aromatic rings. The standard InChI is InChI=1S/C10H16N2O2S/c11-4-2-1-3-8(10(13)14)7-9-12-5-6-15-9/h5-6,8H,1-4,7,11H2,(H,13,14). The molecule has 1 rings (SSSR count). The minimum absolute atomic E-state index is 0.317. The number of aromatic nitrogens is 1. The monoisotopic (exact) mass is 228 g/mol. The molecule has 0 fully saturated rings. The second-order valence-corrected chi connectivity index (χ2v) is 4.43. The summed E-state index contributed by atoms with van der Waals surface area (Å²) in [6.07, 6.45) is 4.70. The van der Waals surface area contributed by atoms with Gasteiger partial charge in [-0.2, -0.15) is 0 Å². The fourth-order valence-corrected chi connectivity index (χ4v) is 2.11. The van der Waals surface area contributed by atoms with Crippen LogP contribution in [0.2, 0.25) is 0 Å². The summed E-state index contributed by atoms with van der Waals surface area (Å²) in [7, 11) is 0. The molecule has 1 heterocycles. The molecule has 4 nitrogen and oxygen atoms in total. The maximum absolute atomic E-state index is 11.0. The Kier molecular flexibility index (Phi) is 5.28. The van der Waals surface area contributed by atoms with Crippen LogP contribution in [0.1, 0.15) is 24.3 Å². The van der Waals surface area contributed by atoms with E-state index in [0.717, 1.165) is 17.8 Å². The van der Waals surface area contributed by atoms with Crippen LogP contribution in [-0.4, -0.2) is 22.6 Å². The summed E-state index contributed by atoms with van der Waals surface area (Å²) < 4.78 is 0. The van der Waals surface area contributed by atoms with Gasteiger partial charge in [0, 0.05) is 18.0 Å². The Bertz CT molecular complexity index is 288. The van der Waals surface area contributed by atoms with Crippen molar-refractivity contribution in [2.75, 3.05) is 6.54 Å². The highest BCUT2D eigenvalue weighted by atomic mass is 32.1. The molecule has 0 aromatic carbocycles. The van der Waals surface area contributed by atoms with Crippen LogP contribution in [0.4, 0.5) is 0 Å². The number of rotatable bonds is 7. The van der Waals surface area contributed by atoms with Gasteiger partial charge in [0.05, 0.1) is 10.9 Å². The minimum atomic E-state index is -0.734. The Morgan fingerprint density at radius 1 is 1.60 bits per heavy atom. The minimum Gasteiger partial charge on any atom is -0.481 e. The third kappa shape index (κ3) is 4.40. The molecule has 1 aromatic heterocycles. The van der Waals surface area contributed by atoms with Gasteiger partial charge in [0.2, 0.25) is 0 Å². The summed E-state index contributed by atoms with van der Waals surface area (Å²) in [5.41, 5.74) is 5.37. The van der Waals surface area contributed by atoms with Crippen LogP contribution in [0.3, 0.4) is 0 Å². The van der Waals surface area contributed by atoms with Gasteiger partial charge in [-0.25, -0.2) is 4.98 Å². The highest BCUT2D eigenvalue weighted by Crippen LogP contribution is 2.17. The number of aliphatic carboxylic acids is 1. The van der Waals surface area contributed by atoms with E-state index in [-0.39, 0.29) is 5.92 Å². The first-order chi connectivity index (χ1) is 7.24. The molecule has 0 radical (unpaired) electrons. The molecule has 0 aliphatic rings. The second kappa shape index (κ2) is 6.53. The van der Waals surface area contributed by atoms with Crippen molar-refractivity contribution in [3.05, 3.63) is 16.6 Å². The van der Waals surface area contributed by atoms with Crippen LogP contribution in [0.5, 0.6) is 0 Å². The van der Waals surface area contributed by atoms with E-state index in [2.05, 4.69) is 4.98 Å². The number of hydrogen-bond acceptors (Lipinski definition) is 4. The van der Waals surface area contributed by atoms with E-state index < -0.39 is 5.97 Å². The van der Waals surface area contributed by atoms with Gasteiger partial charge in [-0.05, 0) is 19.4 Å². The van der Waals surface area contributed by atoms with Gasteiger partial charge in [-0.1, -0.05) is 6.42 Å². The van der Waals surface area contributed by atoms with Crippen molar-refractivity contribution in [3.63, 3.8) is 0 Å². The molecule has 5 heteroatoms. The van der Waals surface area contributed by atoms with E-state index in [1.807, 2.05) is 5.38 Å². The molecule has 0 aliphatic carbocycles. The molecule has 0 spiro atoms. The van der Waals surface area contributed by atoms with E-state index in [4.69, 9.17) is 10.8 Å². The summed E-state index contributed by atoms with van der Waals surface area (Å²) >= 11 is 1.51. The number of nitrogens with two attached hydrogens (primary N) is 1. The SMILES string of the molecule is NCCCCC(Cc1nccs1)C(=O)O. The van der Waals surface area contributed by atoms with Crippen molar-refractivity contribution >= 4 is 17.3 Å². The number of carboxylic acids is 1. The van der Waals surface area contributed by atoms with Gasteiger partial charge >= 0.3 is 5.97 Å². The zero-order valence-electron chi connectivity index (χ0n) is 8.56. The number of hydrogen-bond donors (Lipinski definition) is 2. The topological polar surface area (TPSA) is 76.2 Å². The smallest absolute Gasteiger partial charge is 0.306 e. The number of unbranched alkanes of at least 4 members (excludes halogenated alkanes) is 1. The Morgan fingerprint density at radius 2 is 2.40 bits per heavy atom. The van der Waals surface area contributed by atoms with Gasteiger partial charge < -0.3 is 10.8 Å². The van der Waals surface area contributed by atoms with Crippen LogP contribution in [-0.2, 0) is 11.2 Å². The molecule has 1 unspecified atom stereocenters. The van der Waals surface area contributed by atoms with Gasteiger partial charge in [-0.3, -0.25) is 4.79 Å². The molecule has 1 atom stereocenters. The van der Waals surface area contributed by atoms with E-state index in [9.17, 15) is 4.79 Å². The number of carbonyl (C=O) groups is 1. The van der Waals surface area contributed by atoms with Crippen LogP contribution in [0.15, 0.2) is 11.6 Å². The van der Waals surface area contributed by atoms with Crippen molar-refractivity contribution in [1.29, 1.82) is 0 Å². The van der Waals surface area contributed by atoms with Crippen LogP contribution < -0.4 is 5.73 Å². The number of carboxylic acid groups (broad SMARTS) is 1. The Hall–Kier alpha value is -0.940. The third-order valence-electron chi connectivity index (χ3n) is 2.26. The first-order valence-electron chi connectivity index (χ1n) is 5.05. The van der Waals surface area contributed by atoms with E-state index in [1.54, 1.807) is 6.20 Å². The molecule has 0 amide bonds. The molecule has 0 bridgehead atoms. The molecule has 0 saturated carbocycles. The lowest BCUT2D eigenvalue weighted by molar-refractivity contribution is -0.142. The normalized spacial score (nSPS) is 12.6. The quantitative estimate of drug-likeness (QED) is 0.694. The van der Waals surface area contributed by atoms with Gasteiger partial charge in [0.25, 0.3) is 0 Å². The number of nitrogens with zero attached hydrogens (tertiary/aromatic N) is 1. The Morgan fingerprint density at radius 3 is 2.93 bits per heavy atom. The molecular formula is C10H16N2O2S. The molecule has 0 aliphatic heterocycles. The van der Waals surface area contributed by atoms with Crippen molar-refractivity contribution in [2.24, 2.45) is 11.7 Å². The fraction of sp³-hybridized carbons (Fsp3) is 0.600. The maximum atomic E-state index is 11.0. The second-order valence-electron chi connectivity index (χ2n) is 3.45. The number of thiazole rings is 1. The van der Waals surface area contributed by atoms with Crippen molar-refractivity contribution < 1.29 is 9.90 Å². The summed E-state index contributed by atoms with van der Waals surface area (Å²) in [5.74, 6) is -1.05. The summed E-state index contributed by atoms with van der Waals surface area (Å²) in [5, 5.41) is 11.8. The zero-order chi connectivity index (χ0) is 11.1. The molecule has 0 saturated heterocycles. The largest absolute Gasteiger partial charge is 0.481 e. The molecule has 15 heavy (non-hydrogen) atoms. The summed E-state index contributed by atoms with van der Waals surface area (Å²) in [6.45, 7) is 0.629. The first-order valence-corrected chi connectivity index (χ1v) is 5.93. The third-order valence-corrected chi connectivity index (χ3v) is 3.06. The molecule has 3 N–H and O–H groups in total. The highest BCUT2D eigenvalue weighted by molar-refractivity contribution is 7.09. The zero-order valence-corrected chi connectivity index (χ0v) is 9.37. The average molecular weight is 228 g/mol. The predicted octanol–water partition coefficient (Wildman–Crippen LogP) is 1.52. The van der Waals surface area contributed by atoms with E-state index in [0.29, 0.717) is 19.4 Å². The molecule has 84 valence electrons.